The van der Waals surface area contributed by atoms with Gasteiger partial charge in [0, 0.05) is 19.2 Å². The van der Waals surface area contributed by atoms with Crippen LogP contribution in [-0.2, 0) is 0 Å². The lowest BCUT2D eigenvalue weighted by Gasteiger charge is -2.29. The predicted molar refractivity (Wildman–Crippen MR) is 64.1 cm³/mol. The van der Waals surface area contributed by atoms with Crippen LogP contribution in [-0.4, -0.2) is 38.3 Å². The summed E-state index contributed by atoms with van der Waals surface area (Å²) in [6.07, 6.45) is 2.56. The minimum atomic E-state index is 0.350. The molecule has 16 heavy (non-hydrogen) atoms. The van der Waals surface area contributed by atoms with Gasteiger partial charge < -0.3 is 14.4 Å². The highest BCUT2D eigenvalue weighted by Gasteiger charge is 2.17. The van der Waals surface area contributed by atoms with Crippen LogP contribution in [0.3, 0.4) is 0 Å². The Balaban J connectivity index is 1.93. The van der Waals surface area contributed by atoms with Crippen LogP contribution in [0.25, 0.3) is 0 Å². The molecule has 0 aliphatic carbocycles. The molecule has 1 saturated heterocycles. The van der Waals surface area contributed by atoms with Crippen LogP contribution in [0.15, 0.2) is 24.3 Å². The van der Waals surface area contributed by atoms with E-state index in [9.17, 15) is 0 Å². The number of benzene rings is 1. The standard InChI is InChI=1S/C13H19NO2/c1-14-8-6-11(7-9-14)16-13-5-3-4-12(10-13)15-2/h3-5,10-11H,6-9H2,1-2H3. The summed E-state index contributed by atoms with van der Waals surface area (Å²) >= 11 is 0. The highest BCUT2D eigenvalue weighted by atomic mass is 16.5. The first kappa shape index (κ1) is 11.3. The predicted octanol–water partition coefficient (Wildman–Crippen LogP) is 2.17. The Morgan fingerprint density at radius 2 is 1.88 bits per heavy atom. The third-order valence-electron chi connectivity index (χ3n) is 3.01. The molecule has 0 radical (unpaired) electrons. The zero-order valence-electron chi connectivity index (χ0n) is 9.98. The van der Waals surface area contributed by atoms with Gasteiger partial charge in [-0.2, -0.15) is 0 Å². The molecule has 0 bridgehead atoms. The number of hydrogen-bond donors (Lipinski definition) is 0. The largest absolute Gasteiger partial charge is 0.497 e. The summed E-state index contributed by atoms with van der Waals surface area (Å²) in [7, 11) is 3.83. The molecule has 1 aromatic rings. The average Bonchev–Trinajstić information content (AvgIpc) is 2.32. The van der Waals surface area contributed by atoms with Crippen LogP contribution < -0.4 is 9.47 Å². The molecule has 0 N–H and O–H groups in total. The van der Waals surface area contributed by atoms with Gasteiger partial charge in [-0.15, -0.1) is 0 Å². The van der Waals surface area contributed by atoms with E-state index in [4.69, 9.17) is 9.47 Å². The van der Waals surface area contributed by atoms with E-state index in [0.717, 1.165) is 37.4 Å². The van der Waals surface area contributed by atoms with Crippen molar-refractivity contribution in [2.24, 2.45) is 0 Å². The van der Waals surface area contributed by atoms with Crippen molar-refractivity contribution < 1.29 is 9.47 Å². The summed E-state index contributed by atoms with van der Waals surface area (Å²) in [5.41, 5.74) is 0. The van der Waals surface area contributed by atoms with E-state index < -0.39 is 0 Å². The summed E-state index contributed by atoms with van der Waals surface area (Å²) in [6.45, 7) is 2.24. The molecule has 0 atom stereocenters. The van der Waals surface area contributed by atoms with Crippen molar-refractivity contribution in [1.29, 1.82) is 0 Å². The summed E-state index contributed by atoms with van der Waals surface area (Å²) in [5, 5.41) is 0. The van der Waals surface area contributed by atoms with Crippen molar-refractivity contribution >= 4 is 0 Å². The van der Waals surface area contributed by atoms with Gasteiger partial charge in [-0.1, -0.05) is 6.07 Å². The summed E-state index contributed by atoms with van der Waals surface area (Å²) in [5.74, 6) is 1.76. The molecule has 1 aromatic carbocycles. The second-order valence-corrected chi connectivity index (χ2v) is 4.30. The van der Waals surface area contributed by atoms with Gasteiger partial charge >= 0.3 is 0 Å². The molecular weight excluding hydrogens is 202 g/mol. The minimum Gasteiger partial charge on any atom is -0.497 e. The topological polar surface area (TPSA) is 21.7 Å². The number of nitrogens with zero attached hydrogens (tertiary/aromatic N) is 1. The Bertz CT molecular complexity index is 332. The molecule has 0 spiro atoms. The summed E-state index contributed by atoms with van der Waals surface area (Å²) < 4.78 is 11.1. The van der Waals surface area contributed by atoms with Crippen LogP contribution in [0.4, 0.5) is 0 Å². The van der Waals surface area contributed by atoms with E-state index in [0.29, 0.717) is 6.10 Å². The lowest BCUT2D eigenvalue weighted by atomic mass is 10.1. The zero-order valence-corrected chi connectivity index (χ0v) is 9.98. The highest BCUT2D eigenvalue weighted by molar-refractivity contribution is 5.32. The van der Waals surface area contributed by atoms with Gasteiger partial charge in [-0.25, -0.2) is 0 Å². The van der Waals surface area contributed by atoms with Crippen molar-refractivity contribution in [3.63, 3.8) is 0 Å². The Kier molecular flexibility index (Phi) is 3.67. The third-order valence-corrected chi connectivity index (χ3v) is 3.01. The van der Waals surface area contributed by atoms with Crippen molar-refractivity contribution in [3.05, 3.63) is 24.3 Å². The monoisotopic (exact) mass is 221 g/mol. The van der Waals surface area contributed by atoms with E-state index in [-0.39, 0.29) is 0 Å². The maximum absolute atomic E-state index is 5.94. The summed E-state index contributed by atoms with van der Waals surface area (Å²) in [4.78, 5) is 2.34. The Hall–Kier alpha value is -1.22. The number of likely N-dealkylation sites (tertiary alicyclic amines) is 1. The fourth-order valence-electron chi connectivity index (χ4n) is 1.97. The molecule has 1 aliphatic rings. The van der Waals surface area contributed by atoms with Gasteiger partial charge in [0.15, 0.2) is 0 Å². The van der Waals surface area contributed by atoms with Crippen molar-refractivity contribution in [2.75, 3.05) is 27.2 Å². The van der Waals surface area contributed by atoms with Crippen molar-refractivity contribution in [1.82, 2.24) is 4.90 Å². The second-order valence-electron chi connectivity index (χ2n) is 4.30. The normalized spacial score (nSPS) is 18.4. The van der Waals surface area contributed by atoms with Crippen LogP contribution in [0.2, 0.25) is 0 Å². The molecule has 0 unspecified atom stereocenters. The van der Waals surface area contributed by atoms with Gasteiger partial charge in [0.05, 0.1) is 7.11 Å². The lowest BCUT2D eigenvalue weighted by molar-refractivity contribution is 0.114. The maximum atomic E-state index is 5.94. The van der Waals surface area contributed by atoms with Crippen LogP contribution >= 0.6 is 0 Å². The Morgan fingerprint density at radius 3 is 2.56 bits per heavy atom. The molecular formula is C13H19NO2. The van der Waals surface area contributed by atoms with E-state index in [1.165, 1.54) is 0 Å². The third kappa shape index (κ3) is 2.89. The number of hydrogen-bond acceptors (Lipinski definition) is 3. The first-order valence-electron chi connectivity index (χ1n) is 5.77. The summed E-state index contributed by atoms with van der Waals surface area (Å²) in [6, 6.07) is 7.82. The number of rotatable bonds is 3. The fourth-order valence-corrected chi connectivity index (χ4v) is 1.97. The van der Waals surface area contributed by atoms with Gasteiger partial charge in [0.1, 0.15) is 17.6 Å². The average molecular weight is 221 g/mol. The van der Waals surface area contributed by atoms with E-state index >= 15 is 0 Å². The lowest BCUT2D eigenvalue weighted by Crippen LogP contribution is -2.35. The number of ether oxygens (including phenoxy) is 2. The Morgan fingerprint density at radius 1 is 1.19 bits per heavy atom. The molecule has 88 valence electrons. The van der Waals surface area contributed by atoms with Crippen LogP contribution in [0, 0.1) is 0 Å². The van der Waals surface area contributed by atoms with E-state index in [2.05, 4.69) is 11.9 Å². The molecule has 2 rings (SSSR count). The SMILES string of the molecule is COc1cccc(OC2CCN(C)CC2)c1. The first-order valence-corrected chi connectivity index (χ1v) is 5.77. The van der Waals surface area contributed by atoms with E-state index in [1.807, 2.05) is 24.3 Å². The molecule has 0 aromatic heterocycles. The van der Waals surface area contributed by atoms with Crippen molar-refractivity contribution in [2.45, 2.75) is 18.9 Å². The Labute approximate surface area is 97.0 Å². The van der Waals surface area contributed by atoms with Gasteiger partial charge in [0.2, 0.25) is 0 Å². The minimum absolute atomic E-state index is 0.350. The van der Waals surface area contributed by atoms with Crippen molar-refractivity contribution in [3.8, 4) is 11.5 Å². The molecule has 3 nitrogen and oxygen atoms in total. The number of piperidine rings is 1. The molecule has 0 amide bonds. The zero-order chi connectivity index (χ0) is 11.4. The van der Waals surface area contributed by atoms with Crippen LogP contribution in [0.5, 0.6) is 11.5 Å². The van der Waals surface area contributed by atoms with Gasteiger partial charge in [0.25, 0.3) is 0 Å². The molecule has 1 fully saturated rings. The quantitative estimate of drug-likeness (QED) is 0.780. The molecule has 1 heterocycles. The van der Waals surface area contributed by atoms with E-state index in [1.54, 1.807) is 7.11 Å². The van der Waals surface area contributed by atoms with Gasteiger partial charge in [-0.3, -0.25) is 0 Å². The second kappa shape index (κ2) is 5.21. The molecule has 1 aliphatic heterocycles. The first-order chi connectivity index (χ1) is 7.78. The molecule has 3 heteroatoms. The molecule has 0 saturated carbocycles. The smallest absolute Gasteiger partial charge is 0.123 e. The maximum Gasteiger partial charge on any atom is 0.123 e. The highest BCUT2D eigenvalue weighted by Crippen LogP contribution is 2.22. The fraction of sp³-hybridized carbons (Fsp3) is 0.538. The van der Waals surface area contributed by atoms with Gasteiger partial charge in [-0.05, 0) is 32.0 Å². The number of methoxy groups -OCH3 is 1. The van der Waals surface area contributed by atoms with Crippen LogP contribution in [0.1, 0.15) is 12.8 Å².